The molecule has 0 saturated carbocycles. The molecule has 0 aliphatic rings. The predicted molar refractivity (Wildman–Crippen MR) is 152 cm³/mol. The number of methoxy groups -OCH3 is 1. The zero-order valence-electron chi connectivity index (χ0n) is 22.7. The zero-order valence-corrected chi connectivity index (χ0v) is 22.7. The van der Waals surface area contributed by atoms with Crippen LogP contribution in [0.1, 0.15) is 6.92 Å². The van der Waals surface area contributed by atoms with Gasteiger partial charge < -0.3 is 34.8 Å². The molecular weight excluding hydrogens is 482 g/mol. The maximum absolute atomic E-state index is 12.4. The van der Waals surface area contributed by atoms with E-state index in [0.717, 1.165) is 40.9 Å². The number of fused-ring (bicyclic) bond motifs is 1. The molecule has 1 unspecified atom stereocenters. The molecule has 0 spiro atoms. The number of para-hydroxylation sites is 1. The number of rotatable bonds is 10. The number of aliphatic hydroxyl groups excluding tert-OH is 1. The minimum atomic E-state index is -1.16. The van der Waals surface area contributed by atoms with Gasteiger partial charge in [-0.25, -0.2) is 9.97 Å². The number of anilines is 4. The molecule has 2 aromatic heterocycles. The molecule has 0 radical (unpaired) electrons. The quantitative estimate of drug-likeness (QED) is 0.292. The summed E-state index contributed by atoms with van der Waals surface area (Å²) < 4.78 is 7.77. The number of aromatic nitrogens is 3. The van der Waals surface area contributed by atoms with Gasteiger partial charge in [-0.3, -0.25) is 4.79 Å². The highest BCUT2D eigenvalue weighted by molar-refractivity contribution is 5.98. The van der Waals surface area contributed by atoms with Crippen LogP contribution >= 0.6 is 0 Å². The van der Waals surface area contributed by atoms with Crippen LogP contribution in [0.25, 0.3) is 22.2 Å². The van der Waals surface area contributed by atoms with Crippen LogP contribution < -0.4 is 20.3 Å². The summed E-state index contributed by atoms with van der Waals surface area (Å²) in [4.78, 5) is 25.7. The number of aryl methyl sites for hydroxylation is 1. The number of nitrogens with zero attached hydrogens (tertiary/aromatic N) is 5. The van der Waals surface area contributed by atoms with Crippen molar-refractivity contribution in [2.24, 2.45) is 7.05 Å². The van der Waals surface area contributed by atoms with Crippen molar-refractivity contribution in [2.45, 2.75) is 13.0 Å². The van der Waals surface area contributed by atoms with Crippen molar-refractivity contribution in [3.63, 3.8) is 0 Å². The van der Waals surface area contributed by atoms with E-state index < -0.39 is 12.0 Å². The lowest BCUT2D eigenvalue weighted by Gasteiger charge is -2.26. The molecule has 10 heteroatoms. The summed E-state index contributed by atoms with van der Waals surface area (Å²) in [5, 5.41) is 17.0. The molecule has 200 valence electrons. The van der Waals surface area contributed by atoms with Crippen LogP contribution in [-0.2, 0) is 11.8 Å². The minimum Gasteiger partial charge on any atom is -0.494 e. The number of aliphatic hydroxyl groups is 1. The van der Waals surface area contributed by atoms with Crippen molar-refractivity contribution in [3.8, 4) is 17.0 Å². The Balaban J connectivity index is 1.71. The Morgan fingerprint density at radius 2 is 1.89 bits per heavy atom. The second-order valence-electron chi connectivity index (χ2n) is 9.52. The highest BCUT2D eigenvalue weighted by Gasteiger charge is 2.19. The molecule has 38 heavy (non-hydrogen) atoms. The van der Waals surface area contributed by atoms with E-state index in [1.54, 1.807) is 19.4 Å². The van der Waals surface area contributed by atoms with E-state index in [4.69, 9.17) is 9.72 Å². The van der Waals surface area contributed by atoms with Crippen LogP contribution in [0.3, 0.4) is 0 Å². The van der Waals surface area contributed by atoms with Crippen LogP contribution in [0, 0.1) is 0 Å². The molecule has 2 heterocycles. The van der Waals surface area contributed by atoms with Crippen molar-refractivity contribution in [1.82, 2.24) is 19.4 Å². The Bertz CT molecular complexity index is 1430. The van der Waals surface area contributed by atoms with Crippen molar-refractivity contribution in [2.75, 3.05) is 56.9 Å². The Labute approximate surface area is 222 Å². The second kappa shape index (κ2) is 11.5. The summed E-state index contributed by atoms with van der Waals surface area (Å²) in [7, 11) is 9.55. The van der Waals surface area contributed by atoms with Gasteiger partial charge in [-0.2, -0.15) is 0 Å². The van der Waals surface area contributed by atoms with Gasteiger partial charge in [0.2, 0.25) is 5.95 Å². The van der Waals surface area contributed by atoms with E-state index in [0.29, 0.717) is 23.1 Å². The molecule has 1 amide bonds. The van der Waals surface area contributed by atoms with E-state index in [9.17, 15) is 9.90 Å². The first-order valence-electron chi connectivity index (χ1n) is 12.4. The molecule has 3 N–H and O–H groups in total. The third kappa shape index (κ3) is 5.87. The summed E-state index contributed by atoms with van der Waals surface area (Å²) in [5.74, 6) is 0.443. The maximum Gasteiger partial charge on any atom is 0.252 e. The number of carbonyl (C=O) groups excluding carboxylic acids is 1. The first kappa shape index (κ1) is 26.9. The molecular formula is C28H35N7O3. The van der Waals surface area contributed by atoms with E-state index in [1.165, 1.54) is 6.92 Å². The number of carbonyl (C=O) groups is 1. The Kier molecular flexibility index (Phi) is 8.13. The third-order valence-electron chi connectivity index (χ3n) is 6.32. The Morgan fingerprint density at radius 1 is 1.13 bits per heavy atom. The predicted octanol–water partition coefficient (Wildman–Crippen LogP) is 3.70. The Hall–Kier alpha value is -4.15. The van der Waals surface area contributed by atoms with Gasteiger partial charge >= 0.3 is 0 Å². The fourth-order valence-corrected chi connectivity index (χ4v) is 4.19. The average Bonchev–Trinajstić information content (AvgIpc) is 3.24. The molecule has 0 aliphatic carbocycles. The summed E-state index contributed by atoms with van der Waals surface area (Å²) in [6.07, 6.45) is 2.60. The fourth-order valence-electron chi connectivity index (χ4n) is 4.19. The zero-order chi connectivity index (χ0) is 27.4. The van der Waals surface area contributed by atoms with Gasteiger partial charge in [0.15, 0.2) is 0 Å². The van der Waals surface area contributed by atoms with Crippen molar-refractivity contribution in [3.05, 3.63) is 54.9 Å². The molecule has 0 bridgehead atoms. The molecule has 4 aromatic rings. The smallest absolute Gasteiger partial charge is 0.252 e. The van der Waals surface area contributed by atoms with Crippen LogP contribution in [0.2, 0.25) is 0 Å². The summed E-state index contributed by atoms with van der Waals surface area (Å²) in [5.41, 5.74) is 4.77. The van der Waals surface area contributed by atoms with Gasteiger partial charge in [0.05, 0.1) is 29.9 Å². The van der Waals surface area contributed by atoms with Crippen LogP contribution in [0.4, 0.5) is 23.0 Å². The first-order valence-corrected chi connectivity index (χ1v) is 12.4. The molecule has 0 aliphatic heterocycles. The van der Waals surface area contributed by atoms with Gasteiger partial charge in [-0.05, 0) is 39.2 Å². The fraction of sp³-hybridized carbons (Fsp3) is 0.321. The van der Waals surface area contributed by atoms with Gasteiger partial charge in [0.25, 0.3) is 5.91 Å². The van der Waals surface area contributed by atoms with Gasteiger partial charge in [-0.15, -0.1) is 0 Å². The van der Waals surface area contributed by atoms with Crippen LogP contribution in [0.15, 0.2) is 54.9 Å². The topological polar surface area (TPSA) is 108 Å². The highest BCUT2D eigenvalue weighted by atomic mass is 16.5. The summed E-state index contributed by atoms with van der Waals surface area (Å²) >= 11 is 0. The number of benzene rings is 2. The van der Waals surface area contributed by atoms with E-state index in [-0.39, 0.29) is 0 Å². The van der Waals surface area contributed by atoms with Gasteiger partial charge in [-0.1, -0.05) is 18.2 Å². The molecule has 1 atom stereocenters. The van der Waals surface area contributed by atoms with Crippen molar-refractivity contribution < 1.29 is 14.6 Å². The van der Waals surface area contributed by atoms with Crippen LogP contribution in [0.5, 0.6) is 5.75 Å². The molecule has 0 saturated heterocycles. The normalized spacial score (nSPS) is 12.0. The maximum atomic E-state index is 12.4. The monoisotopic (exact) mass is 517 g/mol. The average molecular weight is 518 g/mol. The highest BCUT2D eigenvalue weighted by Crippen LogP contribution is 2.38. The molecule has 4 rings (SSSR count). The number of amides is 1. The largest absolute Gasteiger partial charge is 0.494 e. The first-order chi connectivity index (χ1) is 18.2. The number of likely N-dealkylation sites (N-methyl/N-ethyl adjacent to an activating group) is 2. The van der Waals surface area contributed by atoms with E-state index in [2.05, 4.69) is 43.4 Å². The second-order valence-corrected chi connectivity index (χ2v) is 9.52. The van der Waals surface area contributed by atoms with E-state index >= 15 is 0 Å². The molecule has 10 nitrogen and oxygen atoms in total. The third-order valence-corrected chi connectivity index (χ3v) is 6.32. The minimum absolute atomic E-state index is 0.384. The van der Waals surface area contributed by atoms with Gasteiger partial charge in [0, 0.05) is 62.1 Å². The summed E-state index contributed by atoms with van der Waals surface area (Å²) in [6.45, 7) is 2.97. The van der Waals surface area contributed by atoms with Crippen LogP contribution in [-0.4, -0.2) is 77.9 Å². The lowest BCUT2D eigenvalue weighted by molar-refractivity contribution is -0.123. The lowest BCUT2D eigenvalue weighted by Crippen LogP contribution is -2.30. The van der Waals surface area contributed by atoms with Crippen molar-refractivity contribution >= 4 is 39.8 Å². The number of nitrogens with one attached hydrogen (secondary N) is 2. The van der Waals surface area contributed by atoms with Gasteiger partial charge in [0.1, 0.15) is 11.9 Å². The number of ether oxygens (including phenoxy) is 1. The molecule has 2 aromatic carbocycles. The number of hydrogen-bond acceptors (Lipinski definition) is 8. The molecule has 0 fully saturated rings. The standard InChI is InChI=1S/C28H35N7O3/c1-18(36)27(37)30-22-15-23(26(38-6)16-25(22)34(4)14-13-33(2)3)32-28-29-12-11-21(31-28)20-17-35(5)24-10-8-7-9-19(20)24/h7-12,15-18,36H,13-14H2,1-6H3,(H,30,37)(H,29,31,32). The SMILES string of the molecule is COc1cc(N(C)CCN(C)C)c(NC(=O)C(C)O)cc1Nc1nccc(-c2cn(C)c3ccccc23)n1. The van der Waals surface area contributed by atoms with Crippen molar-refractivity contribution in [1.29, 1.82) is 0 Å². The lowest BCUT2D eigenvalue weighted by atomic mass is 10.1. The number of hydrogen-bond donors (Lipinski definition) is 3. The van der Waals surface area contributed by atoms with E-state index in [1.807, 2.05) is 57.4 Å². The Morgan fingerprint density at radius 3 is 2.61 bits per heavy atom. The summed E-state index contributed by atoms with van der Waals surface area (Å²) in [6, 6.07) is 13.7.